The molecule has 0 fully saturated rings. The van der Waals surface area contributed by atoms with Gasteiger partial charge in [-0.05, 0) is 18.2 Å². The average molecular weight is 382 g/mol. The molecular formula is C18H21Cl2N3O2. The number of fused-ring (bicyclic) bond motifs is 2. The number of amides is 1. The van der Waals surface area contributed by atoms with Crippen molar-refractivity contribution in [2.75, 3.05) is 26.2 Å². The SMILES string of the molecule is Cl.Cl.O=C(NCCNCCO)c1cccc2cc3ccccc3nc12. The van der Waals surface area contributed by atoms with Gasteiger partial charge < -0.3 is 15.7 Å². The van der Waals surface area contributed by atoms with Crippen LogP contribution >= 0.6 is 24.8 Å². The number of rotatable bonds is 6. The predicted molar refractivity (Wildman–Crippen MR) is 106 cm³/mol. The van der Waals surface area contributed by atoms with E-state index in [1.54, 1.807) is 6.07 Å². The Morgan fingerprint density at radius 3 is 2.52 bits per heavy atom. The fourth-order valence-electron chi connectivity index (χ4n) is 2.55. The summed E-state index contributed by atoms with van der Waals surface area (Å²) in [5.41, 5.74) is 2.17. The van der Waals surface area contributed by atoms with Crippen molar-refractivity contribution in [2.24, 2.45) is 0 Å². The molecule has 0 saturated carbocycles. The molecule has 134 valence electrons. The monoisotopic (exact) mass is 381 g/mol. The molecular weight excluding hydrogens is 361 g/mol. The molecule has 1 amide bonds. The Morgan fingerprint density at radius 2 is 1.72 bits per heavy atom. The van der Waals surface area contributed by atoms with Crippen LogP contribution in [0.2, 0.25) is 0 Å². The van der Waals surface area contributed by atoms with Crippen LogP contribution in [0.3, 0.4) is 0 Å². The van der Waals surface area contributed by atoms with E-state index in [1.807, 2.05) is 36.4 Å². The molecule has 0 aliphatic rings. The highest BCUT2D eigenvalue weighted by Crippen LogP contribution is 2.22. The number of aromatic nitrogens is 1. The van der Waals surface area contributed by atoms with E-state index in [1.165, 1.54) is 0 Å². The Morgan fingerprint density at radius 1 is 0.960 bits per heavy atom. The van der Waals surface area contributed by atoms with Gasteiger partial charge in [-0.2, -0.15) is 0 Å². The van der Waals surface area contributed by atoms with Crippen molar-refractivity contribution >= 4 is 52.5 Å². The maximum Gasteiger partial charge on any atom is 0.253 e. The minimum atomic E-state index is -0.135. The van der Waals surface area contributed by atoms with Gasteiger partial charge in [0.2, 0.25) is 0 Å². The number of halogens is 2. The summed E-state index contributed by atoms with van der Waals surface area (Å²) in [6, 6.07) is 15.6. The summed E-state index contributed by atoms with van der Waals surface area (Å²) in [5.74, 6) is -0.135. The number of nitrogens with zero attached hydrogens (tertiary/aromatic N) is 1. The third-order valence-corrected chi connectivity index (χ3v) is 3.67. The highest BCUT2D eigenvalue weighted by atomic mass is 35.5. The molecule has 3 aromatic rings. The number of aliphatic hydroxyl groups excluding tert-OH is 1. The van der Waals surface area contributed by atoms with E-state index < -0.39 is 0 Å². The zero-order valence-corrected chi connectivity index (χ0v) is 15.2. The first-order valence-electron chi connectivity index (χ1n) is 7.68. The lowest BCUT2D eigenvalue weighted by molar-refractivity contribution is 0.0955. The smallest absolute Gasteiger partial charge is 0.253 e. The van der Waals surface area contributed by atoms with E-state index in [-0.39, 0.29) is 37.3 Å². The standard InChI is InChI=1S/C18H19N3O2.2ClH/c22-11-10-19-8-9-20-18(23)15-6-3-5-14-12-13-4-1-2-7-16(13)21-17(14)15;;/h1-7,12,19,22H,8-11H2,(H,20,23);2*1H. The number of benzene rings is 2. The van der Waals surface area contributed by atoms with Crippen molar-refractivity contribution in [3.05, 3.63) is 54.1 Å². The lowest BCUT2D eigenvalue weighted by Crippen LogP contribution is -2.33. The van der Waals surface area contributed by atoms with Crippen molar-refractivity contribution in [1.29, 1.82) is 0 Å². The maximum absolute atomic E-state index is 12.4. The topological polar surface area (TPSA) is 74.2 Å². The molecule has 0 bridgehead atoms. The molecule has 0 aliphatic heterocycles. The molecule has 0 aliphatic carbocycles. The number of carbonyl (C=O) groups is 1. The summed E-state index contributed by atoms with van der Waals surface area (Å²) in [6.07, 6.45) is 0. The Hall–Kier alpha value is -1.92. The molecule has 7 heteroatoms. The molecule has 0 unspecified atom stereocenters. The molecule has 0 atom stereocenters. The second kappa shape index (κ2) is 10.2. The van der Waals surface area contributed by atoms with Gasteiger partial charge in [-0.25, -0.2) is 4.98 Å². The van der Waals surface area contributed by atoms with E-state index >= 15 is 0 Å². The largest absolute Gasteiger partial charge is 0.395 e. The lowest BCUT2D eigenvalue weighted by Gasteiger charge is -2.09. The van der Waals surface area contributed by atoms with Crippen LogP contribution in [0, 0.1) is 0 Å². The van der Waals surface area contributed by atoms with Crippen molar-refractivity contribution in [1.82, 2.24) is 15.6 Å². The van der Waals surface area contributed by atoms with E-state index in [2.05, 4.69) is 21.7 Å². The van der Waals surface area contributed by atoms with Crippen LogP contribution in [0.5, 0.6) is 0 Å². The van der Waals surface area contributed by atoms with Gasteiger partial charge in [0.15, 0.2) is 0 Å². The molecule has 2 aromatic carbocycles. The number of aliphatic hydroxyl groups is 1. The van der Waals surface area contributed by atoms with Crippen LogP contribution < -0.4 is 10.6 Å². The Kier molecular flexibility index (Phi) is 8.58. The van der Waals surface area contributed by atoms with Gasteiger partial charge in [0.1, 0.15) is 0 Å². The van der Waals surface area contributed by atoms with Gasteiger partial charge in [0, 0.05) is 30.4 Å². The molecule has 0 spiro atoms. The molecule has 1 heterocycles. The Bertz CT molecular complexity index is 843. The number of nitrogens with one attached hydrogen (secondary N) is 2. The first-order chi connectivity index (χ1) is 11.3. The third kappa shape index (κ3) is 5.03. The van der Waals surface area contributed by atoms with Gasteiger partial charge in [-0.3, -0.25) is 4.79 Å². The fourth-order valence-corrected chi connectivity index (χ4v) is 2.55. The second-order valence-electron chi connectivity index (χ2n) is 5.29. The third-order valence-electron chi connectivity index (χ3n) is 3.67. The van der Waals surface area contributed by atoms with Crippen molar-refractivity contribution < 1.29 is 9.90 Å². The number of hydrogen-bond acceptors (Lipinski definition) is 4. The number of hydrogen-bond donors (Lipinski definition) is 3. The van der Waals surface area contributed by atoms with Gasteiger partial charge >= 0.3 is 0 Å². The Balaban J connectivity index is 0.00000156. The summed E-state index contributed by atoms with van der Waals surface area (Å²) in [5, 5.41) is 16.6. The Labute approximate surface area is 158 Å². The summed E-state index contributed by atoms with van der Waals surface area (Å²) in [4.78, 5) is 17.0. The molecule has 0 radical (unpaired) electrons. The summed E-state index contributed by atoms with van der Waals surface area (Å²) >= 11 is 0. The number of pyridine rings is 1. The lowest BCUT2D eigenvalue weighted by atomic mass is 10.1. The quantitative estimate of drug-likeness (QED) is 0.453. The van der Waals surface area contributed by atoms with Crippen LogP contribution in [0.15, 0.2) is 48.5 Å². The van der Waals surface area contributed by atoms with E-state index in [0.29, 0.717) is 30.7 Å². The van der Waals surface area contributed by atoms with Crippen LogP contribution in [0.1, 0.15) is 10.4 Å². The van der Waals surface area contributed by atoms with Gasteiger partial charge in [0.05, 0.1) is 23.2 Å². The van der Waals surface area contributed by atoms with Crippen LogP contribution in [0.25, 0.3) is 21.8 Å². The molecule has 3 N–H and O–H groups in total. The fraction of sp³-hybridized carbons (Fsp3) is 0.222. The van der Waals surface area contributed by atoms with Crippen LogP contribution in [-0.2, 0) is 0 Å². The number of carbonyl (C=O) groups excluding carboxylic acids is 1. The van der Waals surface area contributed by atoms with Crippen LogP contribution in [-0.4, -0.2) is 42.2 Å². The van der Waals surface area contributed by atoms with E-state index in [9.17, 15) is 4.79 Å². The van der Waals surface area contributed by atoms with Gasteiger partial charge in [-0.15, -0.1) is 24.8 Å². The zero-order valence-electron chi connectivity index (χ0n) is 13.6. The van der Waals surface area contributed by atoms with E-state index in [0.717, 1.165) is 16.3 Å². The predicted octanol–water partition coefficient (Wildman–Crippen LogP) is 2.54. The second-order valence-corrected chi connectivity index (χ2v) is 5.29. The summed E-state index contributed by atoms with van der Waals surface area (Å²) in [7, 11) is 0. The van der Waals surface area contributed by atoms with Gasteiger partial charge in [0.25, 0.3) is 5.91 Å². The minimum absolute atomic E-state index is 0. The number of para-hydroxylation sites is 2. The van der Waals surface area contributed by atoms with Crippen molar-refractivity contribution in [3.8, 4) is 0 Å². The normalized spacial score (nSPS) is 10.1. The summed E-state index contributed by atoms with van der Waals surface area (Å²) in [6.45, 7) is 1.74. The first kappa shape index (κ1) is 21.1. The summed E-state index contributed by atoms with van der Waals surface area (Å²) < 4.78 is 0. The molecule has 1 aromatic heterocycles. The average Bonchev–Trinajstić information content (AvgIpc) is 2.59. The zero-order chi connectivity index (χ0) is 16.1. The molecule has 0 saturated heterocycles. The highest BCUT2D eigenvalue weighted by molar-refractivity contribution is 6.07. The molecule has 25 heavy (non-hydrogen) atoms. The molecule has 5 nitrogen and oxygen atoms in total. The first-order valence-corrected chi connectivity index (χ1v) is 7.68. The van der Waals surface area contributed by atoms with E-state index in [4.69, 9.17) is 5.11 Å². The van der Waals surface area contributed by atoms with Crippen LogP contribution in [0.4, 0.5) is 0 Å². The van der Waals surface area contributed by atoms with Crippen molar-refractivity contribution in [3.63, 3.8) is 0 Å². The van der Waals surface area contributed by atoms with Gasteiger partial charge in [-0.1, -0.05) is 30.3 Å². The molecule has 3 rings (SSSR count). The highest BCUT2D eigenvalue weighted by Gasteiger charge is 2.11. The minimum Gasteiger partial charge on any atom is -0.395 e. The maximum atomic E-state index is 12.4. The van der Waals surface area contributed by atoms with Crippen molar-refractivity contribution in [2.45, 2.75) is 0 Å².